The van der Waals surface area contributed by atoms with Crippen molar-refractivity contribution in [1.82, 2.24) is 4.57 Å². The molecule has 1 aromatic carbocycles. The molecule has 0 spiro atoms. The van der Waals surface area contributed by atoms with Gasteiger partial charge in [-0.25, -0.2) is 0 Å². The number of rotatable bonds is 0. The van der Waals surface area contributed by atoms with Crippen molar-refractivity contribution in [3.8, 4) is 6.07 Å². The van der Waals surface area contributed by atoms with Crippen LogP contribution in [-0.2, 0) is 7.05 Å². The average Bonchev–Trinajstić information content (AvgIpc) is 2.23. The van der Waals surface area contributed by atoms with Crippen molar-refractivity contribution in [2.45, 2.75) is 6.92 Å². The number of fused-ring (bicyclic) bond motifs is 1. The third-order valence-corrected chi connectivity index (χ3v) is 2.50. The lowest BCUT2D eigenvalue weighted by molar-refractivity contribution is 0.901. The molecule has 0 radical (unpaired) electrons. The molecule has 1 heterocycles. The molecule has 2 rings (SSSR count). The molecule has 2 aromatic rings. The van der Waals surface area contributed by atoms with Crippen LogP contribution in [0.1, 0.15) is 11.1 Å². The Bertz CT molecular complexity index is 632. The Balaban J connectivity index is 2.99. The van der Waals surface area contributed by atoms with E-state index < -0.39 is 0 Å². The standard InChI is InChI=1S/C12H10N2O/c1-8-3-4-11-9(5-8)6-10(7-13)12(15)14(11)2/h3-6H,1-2H3. The van der Waals surface area contributed by atoms with E-state index in [9.17, 15) is 4.79 Å². The first-order valence-electron chi connectivity index (χ1n) is 4.64. The average molecular weight is 198 g/mol. The lowest BCUT2D eigenvalue weighted by atomic mass is 10.1. The van der Waals surface area contributed by atoms with Crippen LogP contribution in [0.5, 0.6) is 0 Å². The summed E-state index contributed by atoms with van der Waals surface area (Å²) < 4.78 is 1.51. The van der Waals surface area contributed by atoms with Crippen molar-refractivity contribution >= 4 is 10.9 Å². The van der Waals surface area contributed by atoms with Gasteiger partial charge >= 0.3 is 0 Å². The van der Waals surface area contributed by atoms with Gasteiger partial charge in [0.1, 0.15) is 11.6 Å². The predicted octanol–water partition coefficient (Wildman–Crippen LogP) is 1.72. The maximum absolute atomic E-state index is 11.6. The van der Waals surface area contributed by atoms with Crippen LogP contribution in [0.3, 0.4) is 0 Å². The molecule has 15 heavy (non-hydrogen) atoms. The molecule has 0 unspecified atom stereocenters. The van der Waals surface area contributed by atoms with Crippen LogP contribution in [0.25, 0.3) is 10.9 Å². The molecular formula is C12H10N2O. The number of nitrogens with zero attached hydrogens (tertiary/aromatic N) is 2. The van der Waals surface area contributed by atoms with E-state index in [0.717, 1.165) is 16.5 Å². The monoisotopic (exact) mass is 198 g/mol. The number of hydrogen-bond donors (Lipinski definition) is 0. The zero-order valence-electron chi connectivity index (χ0n) is 8.61. The Morgan fingerprint density at radius 1 is 1.33 bits per heavy atom. The van der Waals surface area contributed by atoms with E-state index >= 15 is 0 Å². The smallest absolute Gasteiger partial charge is 0.268 e. The van der Waals surface area contributed by atoms with Gasteiger partial charge in [-0.15, -0.1) is 0 Å². The maximum Gasteiger partial charge on any atom is 0.268 e. The van der Waals surface area contributed by atoms with Crippen LogP contribution in [0.4, 0.5) is 0 Å². The second kappa shape index (κ2) is 3.25. The summed E-state index contributed by atoms with van der Waals surface area (Å²) in [5.74, 6) is 0. The first kappa shape index (κ1) is 9.47. The van der Waals surface area contributed by atoms with Gasteiger partial charge in [-0.05, 0) is 30.5 Å². The highest BCUT2D eigenvalue weighted by Crippen LogP contribution is 2.14. The SMILES string of the molecule is Cc1ccc2c(c1)cc(C#N)c(=O)n2C. The largest absolute Gasteiger partial charge is 0.310 e. The Hall–Kier alpha value is -2.08. The minimum atomic E-state index is -0.242. The van der Waals surface area contributed by atoms with E-state index in [1.807, 2.05) is 31.2 Å². The van der Waals surface area contributed by atoms with Crippen LogP contribution in [0.2, 0.25) is 0 Å². The molecule has 0 saturated carbocycles. The number of benzene rings is 1. The maximum atomic E-state index is 11.6. The van der Waals surface area contributed by atoms with Gasteiger partial charge in [-0.1, -0.05) is 11.6 Å². The Morgan fingerprint density at radius 3 is 2.73 bits per heavy atom. The van der Waals surface area contributed by atoms with Crippen molar-refractivity contribution in [2.75, 3.05) is 0 Å². The molecule has 0 fully saturated rings. The summed E-state index contributed by atoms with van der Waals surface area (Å²) in [5, 5.41) is 9.73. The highest BCUT2D eigenvalue weighted by atomic mass is 16.1. The van der Waals surface area contributed by atoms with Crippen molar-refractivity contribution in [3.63, 3.8) is 0 Å². The summed E-state index contributed by atoms with van der Waals surface area (Å²) in [5.41, 5.74) is 1.92. The number of aryl methyl sites for hydroxylation is 2. The van der Waals surface area contributed by atoms with Crippen LogP contribution >= 0.6 is 0 Å². The predicted molar refractivity (Wildman–Crippen MR) is 58.6 cm³/mol. The first-order chi connectivity index (χ1) is 7.13. The van der Waals surface area contributed by atoms with Gasteiger partial charge < -0.3 is 4.57 Å². The minimum absolute atomic E-state index is 0.190. The van der Waals surface area contributed by atoms with Crippen molar-refractivity contribution in [2.24, 2.45) is 7.05 Å². The quantitative estimate of drug-likeness (QED) is 0.647. The van der Waals surface area contributed by atoms with E-state index in [1.54, 1.807) is 13.1 Å². The molecule has 0 bridgehead atoms. The van der Waals surface area contributed by atoms with Gasteiger partial charge in [0.25, 0.3) is 5.56 Å². The lowest BCUT2D eigenvalue weighted by Crippen LogP contribution is -2.19. The summed E-state index contributed by atoms with van der Waals surface area (Å²) in [7, 11) is 1.68. The summed E-state index contributed by atoms with van der Waals surface area (Å²) >= 11 is 0. The molecule has 0 aliphatic rings. The molecule has 0 amide bonds. The zero-order chi connectivity index (χ0) is 11.0. The van der Waals surface area contributed by atoms with E-state index in [-0.39, 0.29) is 11.1 Å². The van der Waals surface area contributed by atoms with Crippen LogP contribution < -0.4 is 5.56 Å². The third kappa shape index (κ3) is 1.40. The van der Waals surface area contributed by atoms with Gasteiger partial charge in [0.15, 0.2) is 0 Å². The second-order valence-corrected chi connectivity index (χ2v) is 3.60. The summed E-state index contributed by atoms with van der Waals surface area (Å²) in [4.78, 5) is 11.6. The fourth-order valence-corrected chi connectivity index (χ4v) is 1.68. The summed E-state index contributed by atoms with van der Waals surface area (Å²) in [6, 6.07) is 9.37. The third-order valence-electron chi connectivity index (χ3n) is 2.50. The zero-order valence-corrected chi connectivity index (χ0v) is 8.61. The summed E-state index contributed by atoms with van der Waals surface area (Å²) in [6.07, 6.45) is 0. The number of aromatic nitrogens is 1. The Labute approximate surface area is 87.2 Å². The van der Waals surface area contributed by atoms with Crippen LogP contribution in [-0.4, -0.2) is 4.57 Å². The minimum Gasteiger partial charge on any atom is -0.310 e. The molecule has 0 aliphatic heterocycles. The molecular weight excluding hydrogens is 188 g/mol. The van der Waals surface area contributed by atoms with E-state index in [0.29, 0.717) is 0 Å². The Morgan fingerprint density at radius 2 is 2.07 bits per heavy atom. The van der Waals surface area contributed by atoms with Crippen LogP contribution in [0, 0.1) is 18.3 Å². The molecule has 74 valence electrons. The molecule has 3 nitrogen and oxygen atoms in total. The van der Waals surface area contributed by atoms with Gasteiger partial charge in [0.05, 0.1) is 5.52 Å². The van der Waals surface area contributed by atoms with Crippen molar-refractivity contribution in [3.05, 3.63) is 45.7 Å². The number of pyridine rings is 1. The molecule has 0 N–H and O–H groups in total. The number of nitriles is 1. The number of hydrogen-bond acceptors (Lipinski definition) is 2. The second-order valence-electron chi connectivity index (χ2n) is 3.60. The molecule has 0 aliphatic carbocycles. The van der Waals surface area contributed by atoms with E-state index in [2.05, 4.69) is 0 Å². The first-order valence-corrected chi connectivity index (χ1v) is 4.64. The lowest BCUT2D eigenvalue weighted by Gasteiger charge is -2.05. The van der Waals surface area contributed by atoms with Crippen LogP contribution in [0.15, 0.2) is 29.1 Å². The highest BCUT2D eigenvalue weighted by molar-refractivity contribution is 5.80. The van der Waals surface area contributed by atoms with Gasteiger partial charge in [0, 0.05) is 7.05 Å². The van der Waals surface area contributed by atoms with Gasteiger partial charge in [0.2, 0.25) is 0 Å². The Kier molecular flexibility index (Phi) is 2.05. The molecule has 0 saturated heterocycles. The fourth-order valence-electron chi connectivity index (χ4n) is 1.68. The van der Waals surface area contributed by atoms with Crippen molar-refractivity contribution < 1.29 is 0 Å². The summed E-state index contributed by atoms with van der Waals surface area (Å²) in [6.45, 7) is 1.98. The van der Waals surface area contributed by atoms with Gasteiger partial charge in [-0.2, -0.15) is 5.26 Å². The van der Waals surface area contributed by atoms with Gasteiger partial charge in [-0.3, -0.25) is 4.79 Å². The highest BCUT2D eigenvalue weighted by Gasteiger charge is 2.05. The topological polar surface area (TPSA) is 45.8 Å². The fraction of sp³-hybridized carbons (Fsp3) is 0.167. The van der Waals surface area contributed by atoms with E-state index in [4.69, 9.17) is 5.26 Å². The molecule has 3 heteroatoms. The normalized spacial score (nSPS) is 10.2. The van der Waals surface area contributed by atoms with E-state index in [1.165, 1.54) is 4.57 Å². The molecule has 1 aromatic heterocycles. The molecule has 0 atom stereocenters. The van der Waals surface area contributed by atoms with Crippen molar-refractivity contribution in [1.29, 1.82) is 5.26 Å².